The van der Waals surface area contributed by atoms with Crippen LogP contribution >= 0.6 is 11.8 Å². The Morgan fingerprint density at radius 2 is 2.08 bits per heavy atom. The highest BCUT2D eigenvalue weighted by Crippen LogP contribution is 2.28. The molecule has 0 aromatic heterocycles. The summed E-state index contributed by atoms with van der Waals surface area (Å²) in [7, 11) is 0. The fourth-order valence-corrected chi connectivity index (χ4v) is 2.92. The van der Waals surface area contributed by atoms with Gasteiger partial charge >= 0.3 is 0 Å². The van der Waals surface area contributed by atoms with Crippen LogP contribution < -0.4 is 0 Å². The monoisotopic (exact) mass is 199 g/mol. The van der Waals surface area contributed by atoms with Crippen LogP contribution in [-0.4, -0.2) is 22.2 Å². The number of nitriles is 1. The second kappa shape index (κ2) is 6.28. The number of nitrogens with zero attached hydrogens (tertiary/aromatic N) is 1. The van der Waals surface area contributed by atoms with Gasteiger partial charge in [0.05, 0.1) is 18.6 Å². The molecule has 1 N–H and O–H groups in total. The predicted molar refractivity (Wildman–Crippen MR) is 55.6 cm³/mol. The molecular formula is C10H17NOS. The molecule has 0 aromatic carbocycles. The Bertz CT molecular complexity index is 172. The van der Waals surface area contributed by atoms with Crippen molar-refractivity contribution >= 4 is 11.8 Å². The summed E-state index contributed by atoms with van der Waals surface area (Å²) in [6, 6.07) is 1.99. The Balaban J connectivity index is 2.07. The molecule has 1 aliphatic carbocycles. The molecule has 13 heavy (non-hydrogen) atoms. The van der Waals surface area contributed by atoms with E-state index >= 15 is 0 Å². The van der Waals surface area contributed by atoms with Crippen LogP contribution in [0.25, 0.3) is 0 Å². The Hall–Kier alpha value is -0.200. The maximum Gasteiger partial charge on any atom is 0.0760 e. The van der Waals surface area contributed by atoms with Crippen LogP contribution in [0, 0.1) is 11.3 Å². The van der Waals surface area contributed by atoms with Gasteiger partial charge in [-0.05, 0) is 12.8 Å². The first-order chi connectivity index (χ1) is 6.33. The zero-order chi connectivity index (χ0) is 9.52. The van der Waals surface area contributed by atoms with Crippen molar-refractivity contribution in [2.45, 2.75) is 49.9 Å². The highest BCUT2D eigenvalue weighted by atomic mass is 32.2. The molecule has 0 amide bonds. The number of hydrogen-bond donors (Lipinski definition) is 1. The fraction of sp³-hybridized carbons (Fsp3) is 0.900. The Kier molecular flexibility index (Phi) is 5.26. The van der Waals surface area contributed by atoms with Gasteiger partial charge in [-0.25, -0.2) is 0 Å². The standard InChI is InChI=1S/C10H17NOS/c11-7-6-9(12)8-13-10-4-2-1-3-5-10/h9-10,12H,1-6,8H2. The summed E-state index contributed by atoms with van der Waals surface area (Å²) in [4.78, 5) is 0. The van der Waals surface area contributed by atoms with E-state index in [1.54, 1.807) is 0 Å². The normalized spacial score (nSPS) is 20.9. The van der Waals surface area contributed by atoms with E-state index in [1.807, 2.05) is 17.8 Å². The number of rotatable bonds is 4. The molecule has 3 heteroatoms. The van der Waals surface area contributed by atoms with Crippen molar-refractivity contribution in [1.29, 1.82) is 5.26 Å². The molecule has 0 saturated heterocycles. The van der Waals surface area contributed by atoms with Crippen molar-refractivity contribution in [3.8, 4) is 6.07 Å². The first kappa shape index (κ1) is 10.9. The maximum atomic E-state index is 9.34. The molecule has 1 unspecified atom stereocenters. The van der Waals surface area contributed by atoms with E-state index < -0.39 is 6.10 Å². The maximum absolute atomic E-state index is 9.34. The van der Waals surface area contributed by atoms with Crippen LogP contribution in [0.5, 0.6) is 0 Å². The summed E-state index contributed by atoms with van der Waals surface area (Å²) in [5.74, 6) is 0.734. The minimum Gasteiger partial charge on any atom is -0.391 e. The van der Waals surface area contributed by atoms with Gasteiger partial charge in [0.1, 0.15) is 0 Å². The summed E-state index contributed by atoms with van der Waals surface area (Å²) in [6.07, 6.45) is 6.50. The van der Waals surface area contributed by atoms with Crippen molar-refractivity contribution < 1.29 is 5.11 Å². The van der Waals surface area contributed by atoms with Gasteiger partial charge in [-0.1, -0.05) is 19.3 Å². The van der Waals surface area contributed by atoms with Crippen molar-refractivity contribution in [2.24, 2.45) is 0 Å². The van der Waals surface area contributed by atoms with Crippen molar-refractivity contribution in [1.82, 2.24) is 0 Å². The fourth-order valence-electron chi connectivity index (χ4n) is 1.64. The SMILES string of the molecule is N#CCC(O)CSC1CCCCC1. The van der Waals surface area contributed by atoms with Gasteiger partial charge in [0.15, 0.2) is 0 Å². The first-order valence-electron chi connectivity index (χ1n) is 4.99. The first-order valence-corrected chi connectivity index (χ1v) is 6.04. The quantitative estimate of drug-likeness (QED) is 0.755. The summed E-state index contributed by atoms with van der Waals surface area (Å²) in [6.45, 7) is 0. The number of aliphatic hydroxyl groups excluding tert-OH is 1. The van der Waals surface area contributed by atoms with Crippen LogP contribution in [0.4, 0.5) is 0 Å². The third-order valence-corrected chi connectivity index (χ3v) is 3.92. The van der Waals surface area contributed by atoms with Crippen molar-refractivity contribution in [3.05, 3.63) is 0 Å². The van der Waals surface area contributed by atoms with Crippen molar-refractivity contribution in [3.63, 3.8) is 0 Å². The molecule has 2 nitrogen and oxygen atoms in total. The number of thioether (sulfide) groups is 1. The summed E-state index contributed by atoms with van der Waals surface area (Å²) in [5, 5.41) is 18.4. The second-order valence-corrected chi connectivity index (χ2v) is 4.94. The largest absolute Gasteiger partial charge is 0.391 e. The smallest absolute Gasteiger partial charge is 0.0760 e. The molecule has 0 heterocycles. The molecule has 0 radical (unpaired) electrons. The molecule has 1 aliphatic rings. The third kappa shape index (κ3) is 4.54. The second-order valence-electron chi connectivity index (χ2n) is 3.61. The van der Waals surface area contributed by atoms with Crippen molar-refractivity contribution in [2.75, 3.05) is 5.75 Å². The topological polar surface area (TPSA) is 44.0 Å². The summed E-state index contributed by atoms with van der Waals surface area (Å²) in [5.41, 5.74) is 0. The molecule has 1 fully saturated rings. The average Bonchev–Trinajstić information content (AvgIpc) is 2.17. The summed E-state index contributed by atoms with van der Waals surface area (Å²) < 4.78 is 0. The Morgan fingerprint density at radius 3 is 2.69 bits per heavy atom. The van der Waals surface area contributed by atoms with E-state index in [9.17, 15) is 5.11 Å². The lowest BCUT2D eigenvalue weighted by atomic mass is 10.0. The molecule has 1 rings (SSSR count). The van der Waals surface area contributed by atoms with Crippen LogP contribution in [0.2, 0.25) is 0 Å². The van der Waals surface area contributed by atoms with E-state index in [1.165, 1.54) is 32.1 Å². The van der Waals surface area contributed by atoms with Crippen LogP contribution in [0.15, 0.2) is 0 Å². The van der Waals surface area contributed by atoms with Gasteiger partial charge in [0.2, 0.25) is 0 Å². The Labute approximate surface area is 84.3 Å². The summed E-state index contributed by atoms with van der Waals surface area (Å²) >= 11 is 1.84. The van der Waals surface area contributed by atoms with Gasteiger partial charge in [0, 0.05) is 11.0 Å². The van der Waals surface area contributed by atoms with E-state index in [0.29, 0.717) is 0 Å². The minimum absolute atomic E-state index is 0.278. The van der Waals surface area contributed by atoms with E-state index in [-0.39, 0.29) is 6.42 Å². The van der Waals surface area contributed by atoms with Crippen LogP contribution in [0.3, 0.4) is 0 Å². The van der Waals surface area contributed by atoms with E-state index in [2.05, 4.69) is 0 Å². The number of aliphatic hydroxyl groups is 1. The molecular weight excluding hydrogens is 182 g/mol. The lowest BCUT2D eigenvalue weighted by Gasteiger charge is -2.21. The zero-order valence-corrected chi connectivity index (χ0v) is 8.72. The molecule has 1 saturated carbocycles. The molecule has 0 aliphatic heterocycles. The molecule has 74 valence electrons. The minimum atomic E-state index is -0.420. The molecule has 0 aromatic rings. The number of hydrogen-bond acceptors (Lipinski definition) is 3. The van der Waals surface area contributed by atoms with Gasteiger partial charge in [-0.15, -0.1) is 0 Å². The lowest BCUT2D eigenvalue weighted by Crippen LogP contribution is -2.14. The van der Waals surface area contributed by atoms with Crippen LogP contribution in [0.1, 0.15) is 38.5 Å². The lowest BCUT2D eigenvalue weighted by molar-refractivity contribution is 0.205. The van der Waals surface area contributed by atoms with E-state index in [4.69, 9.17) is 5.26 Å². The highest BCUT2D eigenvalue weighted by molar-refractivity contribution is 7.99. The van der Waals surface area contributed by atoms with Crippen LogP contribution in [-0.2, 0) is 0 Å². The van der Waals surface area contributed by atoms with E-state index in [0.717, 1.165) is 11.0 Å². The van der Waals surface area contributed by atoms with Gasteiger partial charge < -0.3 is 5.11 Å². The molecule has 1 atom stereocenters. The molecule has 0 spiro atoms. The average molecular weight is 199 g/mol. The Morgan fingerprint density at radius 1 is 1.38 bits per heavy atom. The van der Waals surface area contributed by atoms with Gasteiger partial charge in [-0.2, -0.15) is 17.0 Å². The molecule has 0 bridgehead atoms. The third-order valence-electron chi connectivity index (χ3n) is 2.40. The highest BCUT2D eigenvalue weighted by Gasteiger charge is 2.15. The zero-order valence-electron chi connectivity index (χ0n) is 7.91. The van der Waals surface area contributed by atoms with Gasteiger partial charge in [-0.3, -0.25) is 0 Å². The predicted octanol–water partition coefficient (Wildman–Crippen LogP) is 2.33. The van der Waals surface area contributed by atoms with Gasteiger partial charge in [0.25, 0.3) is 0 Å².